The van der Waals surface area contributed by atoms with Gasteiger partial charge in [0.05, 0.1) is 7.11 Å². The van der Waals surface area contributed by atoms with Crippen LogP contribution < -0.4 is 0 Å². The van der Waals surface area contributed by atoms with Crippen LogP contribution in [-0.4, -0.2) is 13.1 Å². The zero-order valence-corrected chi connectivity index (χ0v) is 9.80. The van der Waals surface area contributed by atoms with Crippen molar-refractivity contribution >= 4 is 39.6 Å². The molecule has 0 aromatic heterocycles. The van der Waals surface area contributed by atoms with E-state index in [2.05, 4.69) is 20.7 Å². The number of ether oxygens (including phenoxy) is 1. The lowest BCUT2D eigenvalue weighted by Gasteiger charge is -1.99. The zero-order chi connectivity index (χ0) is 10.6. The van der Waals surface area contributed by atoms with Crippen molar-refractivity contribution < 1.29 is 9.53 Å². The van der Waals surface area contributed by atoms with Gasteiger partial charge in [-0.25, -0.2) is 4.79 Å². The predicted octanol–water partition coefficient (Wildman–Crippen LogP) is 3.25. The van der Waals surface area contributed by atoms with Crippen molar-refractivity contribution in [2.45, 2.75) is 0 Å². The van der Waals surface area contributed by atoms with Crippen LogP contribution in [-0.2, 0) is 9.53 Å². The Morgan fingerprint density at radius 2 is 2.14 bits per heavy atom. The Balaban J connectivity index is 2.97. The lowest BCUT2D eigenvalue weighted by atomic mass is 10.2. The maximum Gasteiger partial charge on any atom is 0.344 e. The molecule has 0 atom stereocenters. The highest BCUT2D eigenvalue weighted by Gasteiger charge is 2.05. The minimum Gasteiger partial charge on any atom is -0.465 e. The molecule has 0 N–H and O–H groups in total. The highest BCUT2D eigenvalue weighted by Crippen LogP contribution is 2.20. The molecular formula is C10H8BrClO2. The van der Waals surface area contributed by atoms with E-state index >= 15 is 0 Å². The number of hydrogen-bond acceptors (Lipinski definition) is 2. The van der Waals surface area contributed by atoms with E-state index in [1.165, 1.54) is 7.11 Å². The summed E-state index contributed by atoms with van der Waals surface area (Å²) in [6.45, 7) is 0. The van der Waals surface area contributed by atoms with Gasteiger partial charge in [-0.1, -0.05) is 29.8 Å². The minimum atomic E-state index is -0.426. The Morgan fingerprint density at radius 3 is 2.71 bits per heavy atom. The summed E-state index contributed by atoms with van der Waals surface area (Å²) in [7, 11) is 1.32. The van der Waals surface area contributed by atoms with Gasteiger partial charge < -0.3 is 4.74 Å². The van der Waals surface area contributed by atoms with Gasteiger partial charge in [0.2, 0.25) is 0 Å². The maximum atomic E-state index is 11.0. The van der Waals surface area contributed by atoms with Crippen molar-refractivity contribution in [2.24, 2.45) is 0 Å². The molecule has 4 heteroatoms. The number of methoxy groups -OCH3 is 1. The Hall–Kier alpha value is -0.800. The van der Waals surface area contributed by atoms with E-state index in [0.29, 0.717) is 9.51 Å². The molecular weight excluding hydrogens is 267 g/mol. The third-order valence-corrected chi connectivity index (χ3v) is 2.46. The zero-order valence-electron chi connectivity index (χ0n) is 7.46. The van der Waals surface area contributed by atoms with Crippen LogP contribution >= 0.6 is 27.5 Å². The number of carbonyl (C=O) groups excluding carboxylic acids is 1. The van der Waals surface area contributed by atoms with Crippen LogP contribution in [0, 0.1) is 0 Å². The SMILES string of the molecule is COC(=O)/C(Br)=C/c1ccccc1Cl. The van der Waals surface area contributed by atoms with Crippen LogP contribution in [0.4, 0.5) is 0 Å². The molecule has 0 aliphatic heterocycles. The molecule has 0 spiro atoms. The van der Waals surface area contributed by atoms with Crippen LogP contribution in [0.1, 0.15) is 5.56 Å². The molecule has 0 bridgehead atoms. The fraction of sp³-hybridized carbons (Fsp3) is 0.100. The average Bonchev–Trinajstić information content (AvgIpc) is 2.20. The summed E-state index contributed by atoms with van der Waals surface area (Å²) in [5.74, 6) is -0.426. The van der Waals surface area contributed by atoms with E-state index < -0.39 is 5.97 Å². The molecule has 1 rings (SSSR count). The molecule has 0 saturated heterocycles. The summed E-state index contributed by atoms with van der Waals surface area (Å²) in [5.41, 5.74) is 0.770. The molecule has 0 aliphatic rings. The topological polar surface area (TPSA) is 26.3 Å². The van der Waals surface area contributed by atoms with Crippen LogP contribution in [0.2, 0.25) is 5.02 Å². The summed E-state index contributed by atoms with van der Waals surface area (Å²) < 4.78 is 4.87. The molecule has 0 amide bonds. The van der Waals surface area contributed by atoms with E-state index in [0.717, 1.165) is 5.56 Å². The summed E-state index contributed by atoms with van der Waals surface area (Å²) in [6, 6.07) is 7.23. The minimum absolute atomic E-state index is 0.341. The van der Waals surface area contributed by atoms with Crippen molar-refractivity contribution in [2.75, 3.05) is 7.11 Å². The third-order valence-electron chi connectivity index (χ3n) is 1.57. The van der Waals surface area contributed by atoms with Crippen molar-refractivity contribution in [1.29, 1.82) is 0 Å². The van der Waals surface area contributed by atoms with Crippen LogP contribution in [0.15, 0.2) is 28.7 Å². The predicted molar refractivity (Wildman–Crippen MR) is 60.4 cm³/mol. The van der Waals surface area contributed by atoms with Gasteiger partial charge in [0.1, 0.15) is 4.48 Å². The van der Waals surface area contributed by atoms with Gasteiger partial charge in [0.15, 0.2) is 0 Å². The molecule has 0 unspecified atom stereocenters. The molecule has 14 heavy (non-hydrogen) atoms. The maximum absolute atomic E-state index is 11.0. The van der Waals surface area contributed by atoms with Gasteiger partial charge in [-0.2, -0.15) is 0 Å². The van der Waals surface area contributed by atoms with Crippen LogP contribution in [0.5, 0.6) is 0 Å². The van der Waals surface area contributed by atoms with Gasteiger partial charge in [-0.15, -0.1) is 0 Å². The number of carbonyl (C=O) groups is 1. The largest absolute Gasteiger partial charge is 0.465 e. The molecule has 0 radical (unpaired) electrons. The standard InChI is InChI=1S/C10H8BrClO2/c1-14-10(13)8(11)6-7-4-2-3-5-9(7)12/h2-6H,1H3/b8-6-. The molecule has 0 fully saturated rings. The van der Waals surface area contributed by atoms with E-state index in [1.807, 2.05) is 18.2 Å². The third kappa shape index (κ3) is 2.86. The van der Waals surface area contributed by atoms with Crippen molar-refractivity contribution in [3.05, 3.63) is 39.3 Å². The van der Waals surface area contributed by atoms with Gasteiger partial charge >= 0.3 is 5.97 Å². The number of esters is 1. The Morgan fingerprint density at radius 1 is 1.50 bits per heavy atom. The summed E-state index contributed by atoms with van der Waals surface area (Å²) in [6.07, 6.45) is 1.62. The first-order chi connectivity index (χ1) is 6.65. The van der Waals surface area contributed by atoms with E-state index in [4.69, 9.17) is 11.6 Å². The molecule has 0 aliphatic carbocycles. The van der Waals surface area contributed by atoms with E-state index in [-0.39, 0.29) is 0 Å². The number of benzene rings is 1. The fourth-order valence-electron chi connectivity index (χ4n) is 0.885. The Labute approximate surface area is 95.6 Å². The van der Waals surface area contributed by atoms with Crippen LogP contribution in [0.3, 0.4) is 0 Å². The second-order valence-corrected chi connectivity index (χ2v) is 3.77. The van der Waals surface area contributed by atoms with Crippen molar-refractivity contribution in [1.82, 2.24) is 0 Å². The highest BCUT2D eigenvalue weighted by molar-refractivity contribution is 9.12. The van der Waals surface area contributed by atoms with Gasteiger partial charge in [-0.05, 0) is 33.6 Å². The Bertz CT molecular complexity index is 374. The van der Waals surface area contributed by atoms with Gasteiger partial charge in [-0.3, -0.25) is 0 Å². The monoisotopic (exact) mass is 274 g/mol. The van der Waals surface area contributed by atoms with Crippen molar-refractivity contribution in [3.8, 4) is 0 Å². The lowest BCUT2D eigenvalue weighted by molar-refractivity contribution is -0.135. The van der Waals surface area contributed by atoms with Gasteiger partial charge in [0.25, 0.3) is 0 Å². The first kappa shape index (κ1) is 11.3. The molecule has 0 heterocycles. The summed E-state index contributed by atoms with van der Waals surface area (Å²) in [5, 5.41) is 0.591. The second-order valence-electron chi connectivity index (χ2n) is 2.51. The van der Waals surface area contributed by atoms with E-state index in [9.17, 15) is 4.79 Å². The quantitative estimate of drug-likeness (QED) is 0.612. The number of halogens is 2. The van der Waals surface area contributed by atoms with Gasteiger partial charge in [0, 0.05) is 5.02 Å². The molecule has 0 saturated carbocycles. The van der Waals surface area contributed by atoms with Crippen LogP contribution in [0.25, 0.3) is 6.08 Å². The molecule has 1 aromatic rings. The molecule has 1 aromatic carbocycles. The average molecular weight is 276 g/mol. The fourth-order valence-corrected chi connectivity index (χ4v) is 1.48. The number of rotatable bonds is 2. The summed E-state index contributed by atoms with van der Waals surface area (Å²) >= 11 is 9.00. The molecule has 74 valence electrons. The smallest absolute Gasteiger partial charge is 0.344 e. The molecule has 2 nitrogen and oxygen atoms in total. The second kappa shape index (κ2) is 5.17. The van der Waals surface area contributed by atoms with Crippen molar-refractivity contribution in [3.63, 3.8) is 0 Å². The Kier molecular flexibility index (Phi) is 4.17. The normalized spacial score (nSPS) is 11.2. The lowest BCUT2D eigenvalue weighted by Crippen LogP contribution is -1.98. The first-order valence-corrected chi connectivity index (χ1v) is 5.02. The highest BCUT2D eigenvalue weighted by atomic mass is 79.9. The summed E-state index contributed by atoms with van der Waals surface area (Å²) in [4.78, 5) is 11.0. The first-order valence-electron chi connectivity index (χ1n) is 3.85. The number of hydrogen-bond donors (Lipinski definition) is 0. The van der Waals surface area contributed by atoms with E-state index in [1.54, 1.807) is 12.1 Å².